The molecule has 0 unspecified atom stereocenters. The molecule has 1 aliphatic rings. The Morgan fingerprint density at radius 3 is 3.00 bits per heavy atom. The number of aryl methyl sites for hydroxylation is 1. The molecule has 0 saturated carbocycles. The van der Waals surface area contributed by atoms with Crippen molar-refractivity contribution in [2.75, 3.05) is 25.4 Å². The second-order valence-corrected chi connectivity index (χ2v) is 7.77. The average Bonchev–Trinajstić information content (AvgIpc) is 2.44. The van der Waals surface area contributed by atoms with Crippen LogP contribution in [0.25, 0.3) is 0 Å². The molecule has 0 amide bonds. The van der Waals surface area contributed by atoms with Crippen molar-refractivity contribution in [2.24, 2.45) is 4.99 Å². The van der Waals surface area contributed by atoms with Crippen molar-refractivity contribution in [3.05, 3.63) is 29.6 Å². The van der Waals surface area contributed by atoms with E-state index in [2.05, 4.69) is 49.0 Å². The first kappa shape index (κ1) is 16.1. The van der Waals surface area contributed by atoms with Crippen LogP contribution in [-0.4, -0.2) is 46.0 Å². The van der Waals surface area contributed by atoms with E-state index in [1.165, 1.54) is 5.56 Å². The molecule has 1 aromatic heterocycles. The Bertz CT molecular complexity index is 499. The SMILES string of the molecule is CCNC(=NCc1ncccc1C)N1CCSC(C)(C)C1. The third-order valence-electron chi connectivity index (χ3n) is 3.56. The number of nitrogens with zero attached hydrogens (tertiary/aromatic N) is 3. The van der Waals surface area contributed by atoms with E-state index in [0.29, 0.717) is 6.54 Å². The maximum Gasteiger partial charge on any atom is 0.194 e. The van der Waals surface area contributed by atoms with E-state index in [4.69, 9.17) is 4.99 Å². The zero-order chi connectivity index (χ0) is 15.3. The fourth-order valence-corrected chi connectivity index (χ4v) is 3.57. The lowest BCUT2D eigenvalue weighted by atomic mass is 10.2. The number of thioether (sulfide) groups is 1. The van der Waals surface area contributed by atoms with E-state index in [0.717, 1.165) is 37.0 Å². The van der Waals surface area contributed by atoms with Gasteiger partial charge in [0, 0.05) is 36.3 Å². The van der Waals surface area contributed by atoms with Gasteiger partial charge in [-0.3, -0.25) is 4.98 Å². The lowest BCUT2D eigenvalue weighted by molar-refractivity contribution is 0.375. The highest BCUT2D eigenvalue weighted by molar-refractivity contribution is 8.00. The second kappa shape index (κ2) is 7.16. The third kappa shape index (κ3) is 4.63. The van der Waals surface area contributed by atoms with Crippen LogP contribution in [-0.2, 0) is 6.54 Å². The highest BCUT2D eigenvalue weighted by atomic mass is 32.2. The largest absolute Gasteiger partial charge is 0.357 e. The standard InChI is InChI=1S/C16H26N4S/c1-5-17-15(20-9-10-21-16(3,4)12-20)19-11-14-13(2)7-6-8-18-14/h6-8H,5,9-12H2,1-4H3,(H,17,19). The van der Waals surface area contributed by atoms with Crippen molar-refractivity contribution < 1.29 is 0 Å². The zero-order valence-electron chi connectivity index (χ0n) is 13.5. The third-order valence-corrected chi connectivity index (χ3v) is 4.85. The van der Waals surface area contributed by atoms with Gasteiger partial charge in [-0.2, -0.15) is 11.8 Å². The minimum atomic E-state index is 0.287. The van der Waals surface area contributed by atoms with Gasteiger partial charge < -0.3 is 10.2 Å². The van der Waals surface area contributed by atoms with Gasteiger partial charge in [-0.15, -0.1) is 0 Å². The Kier molecular flexibility index (Phi) is 5.51. The first-order chi connectivity index (χ1) is 10.0. The van der Waals surface area contributed by atoms with Gasteiger partial charge >= 0.3 is 0 Å². The fourth-order valence-electron chi connectivity index (χ4n) is 2.46. The lowest BCUT2D eigenvalue weighted by Crippen LogP contribution is -2.50. The van der Waals surface area contributed by atoms with Gasteiger partial charge in [0.25, 0.3) is 0 Å². The van der Waals surface area contributed by atoms with E-state index in [1.807, 2.05) is 24.0 Å². The summed E-state index contributed by atoms with van der Waals surface area (Å²) in [5.74, 6) is 2.16. The summed E-state index contributed by atoms with van der Waals surface area (Å²) >= 11 is 2.04. The van der Waals surface area contributed by atoms with Crippen LogP contribution in [0.1, 0.15) is 32.0 Å². The number of hydrogen-bond acceptors (Lipinski definition) is 3. The van der Waals surface area contributed by atoms with Crippen LogP contribution in [0.3, 0.4) is 0 Å². The van der Waals surface area contributed by atoms with E-state index in [-0.39, 0.29) is 4.75 Å². The van der Waals surface area contributed by atoms with Crippen LogP contribution in [0.4, 0.5) is 0 Å². The van der Waals surface area contributed by atoms with Crippen LogP contribution >= 0.6 is 11.8 Å². The molecule has 116 valence electrons. The molecular formula is C16H26N4S. The van der Waals surface area contributed by atoms with Crippen molar-refractivity contribution in [1.29, 1.82) is 0 Å². The monoisotopic (exact) mass is 306 g/mol. The first-order valence-corrected chi connectivity index (χ1v) is 8.58. The summed E-state index contributed by atoms with van der Waals surface area (Å²) in [5, 5.41) is 3.42. The molecule has 0 atom stereocenters. The number of nitrogens with one attached hydrogen (secondary N) is 1. The first-order valence-electron chi connectivity index (χ1n) is 7.59. The fraction of sp³-hybridized carbons (Fsp3) is 0.625. The Hall–Kier alpha value is -1.23. The maximum atomic E-state index is 4.79. The smallest absolute Gasteiger partial charge is 0.194 e. The minimum Gasteiger partial charge on any atom is -0.357 e. The van der Waals surface area contributed by atoms with Gasteiger partial charge in [0.2, 0.25) is 0 Å². The van der Waals surface area contributed by atoms with Crippen LogP contribution < -0.4 is 5.32 Å². The van der Waals surface area contributed by atoms with Gasteiger partial charge in [-0.25, -0.2) is 4.99 Å². The molecular weight excluding hydrogens is 280 g/mol. The summed E-state index contributed by atoms with van der Waals surface area (Å²) in [6, 6.07) is 4.06. The van der Waals surface area contributed by atoms with Crippen molar-refractivity contribution >= 4 is 17.7 Å². The number of aliphatic imine (C=N–C) groups is 1. The summed E-state index contributed by atoms with van der Waals surface area (Å²) in [6.07, 6.45) is 1.84. The van der Waals surface area contributed by atoms with E-state index in [9.17, 15) is 0 Å². The normalized spacial score (nSPS) is 18.7. The molecule has 0 spiro atoms. The van der Waals surface area contributed by atoms with Gasteiger partial charge in [0.05, 0.1) is 12.2 Å². The molecule has 0 aliphatic carbocycles. The van der Waals surface area contributed by atoms with E-state index >= 15 is 0 Å². The van der Waals surface area contributed by atoms with Crippen molar-refractivity contribution in [3.63, 3.8) is 0 Å². The molecule has 21 heavy (non-hydrogen) atoms. The topological polar surface area (TPSA) is 40.5 Å². The molecule has 0 aromatic carbocycles. The van der Waals surface area contributed by atoms with Gasteiger partial charge in [0.15, 0.2) is 5.96 Å². The molecule has 2 heterocycles. The molecule has 1 N–H and O–H groups in total. The quantitative estimate of drug-likeness (QED) is 0.688. The van der Waals surface area contributed by atoms with E-state index < -0.39 is 0 Å². The van der Waals surface area contributed by atoms with Crippen LogP contribution in [0, 0.1) is 6.92 Å². The number of rotatable bonds is 3. The predicted molar refractivity (Wildman–Crippen MR) is 91.9 cm³/mol. The Labute approximate surface area is 132 Å². The summed E-state index contributed by atoms with van der Waals surface area (Å²) < 4.78 is 0.287. The van der Waals surface area contributed by atoms with Gasteiger partial charge in [-0.1, -0.05) is 6.07 Å². The van der Waals surface area contributed by atoms with Crippen LogP contribution in [0.2, 0.25) is 0 Å². The highest BCUT2D eigenvalue weighted by Crippen LogP contribution is 2.29. The Morgan fingerprint density at radius 1 is 1.52 bits per heavy atom. The van der Waals surface area contributed by atoms with Crippen LogP contribution in [0.15, 0.2) is 23.3 Å². The molecule has 4 nitrogen and oxygen atoms in total. The molecule has 0 radical (unpaired) electrons. The van der Waals surface area contributed by atoms with Gasteiger partial charge in [-0.05, 0) is 39.3 Å². The summed E-state index contributed by atoms with van der Waals surface area (Å²) in [5.41, 5.74) is 2.25. The average molecular weight is 306 g/mol. The number of guanidine groups is 1. The Morgan fingerprint density at radius 2 is 2.33 bits per heavy atom. The number of pyridine rings is 1. The Balaban J connectivity index is 2.11. The molecule has 1 aliphatic heterocycles. The minimum absolute atomic E-state index is 0.287. The molecule has 0 bridgehead atoms. The maximum absolute atomic E-state index is 4.79. The zero-order valence-corrected chi connectivity index (χ0v) is 14.3. The molecule has 2 rings (SSSR count). The molecule has 1 fully saturated rings. The highest BCUT2D eigenvalue weighted by Gasteiger charge is 2.28. The van der Waals surface area contributed by atoms with Crippen molar-refractivity contribution in [2.45, 2.75) is 39.0 Å². The molecule has 1 saturated heterocycles. The molecule has 1 aromatic rings. The summed E-state index contributed by atoms with van der Waals surface area (Å²) in [4.78, 5) is 11.6. The van der Waals surface area contributed by atoms with E-state index in [1.54, 1.807) is 0 Å². The van der Waals surface area contributed by atoms with Crippen LogP contribution in [0.5, 0.6) is 0 Å². The predicted octanol–water partition coefficient (Wildman–Crippen LogP) is 2.68. The number of aromatic nitrogens is 1. The lowest BCUT2D eigenvalue weighted by Gasteiger charge is -2.39. The molecule has 5 heteroatoms. The summed E-state index contributed by atoms with van der Waals surface area (Å²) in [7, 11) is 0. The summed E-state index contributed by atoms with van der Waals surface area (Å²) in [6.45, 7) is 12.4. The second-order valence-electron chi connectivity index (χ2n) is 5.97. The van der Waals surface area contributed by atoms with Crippen molar-refractivity contribution in [1.82, 2.24) is 15.2 Å². The van der Waals surface area contributed by atoms with Gasteiger partial charge in [0.1, 0.15) is 0 Å². The van der Waals surface area contributed by atoms with Crippen molar-refractivity contribution in [3.8, 4) is 0 Å². The number of hydrogen-bond donors (Lipinski definition) is 1.